The summed E-state index contributed by atoms with van der Waals surface area (Å²) in [5, 5.41) is 20.0. The normalized spacial score (nSPS) is 11.7. The van der Waals surface area contributed by atoms with E-state index < -0.39 is 0 Å². The Labute approximate surface area is 226 Å². The summed E-state index contributed by atoms with van der Waals surface area (Å²) in [7, 11) is 0. The van der Waals surface area contributed by atoms with Crippen LogP contribution in [0.1, 0.15) is 22.3 Å². The molecule has 0 saturated carbocycles. The van der Waals surface area contributed by atoms with Crippen LogP contribution < -0.4 is 5.62 Å². The van der Waals surface area contributed by atoms with E-state index in [4.69, 9.17) is 4.99 Å². The summed E-state index contributed by atoms with van der Waals surface area (Å²) >= 11 is 0. The van der Waals surface area contributed by atoms with Gasteiger partial charge >= 0.3 is 0 Å². The Kier molecular flexibility index (Phi) is 6.63. The number of imidazole rings is 1. The van der Waals surface area contributed by atoms with Gasteiger partial charge in [0.05, 0.1) is 41.3 Å². The molecule has 0 fully saturated rings. The van der Waals surface area contributed by atoms with E-state index in [1.165, 1.54) is 0 Å². The number of aromatic hydroxyl groups is 1. The minimum Gasteiger partial charge on any atom is -0.508 e. The zero-order valence-electron chi connectivity index (χ0n) is 21.4. The lowest BCUT2D eigenvalue weighted by Crippen LogP contribution is -2.28. The Bertz CT molecular complexity index is 1870. The summed E-state index contributed by atoms with van der Waals surface area (Å²) < 4.78 is 4.53. The van der Waals surface area contributed by atoms with Crippen LogP contribution in [0.25, 0.3) is 21.9 Å². The number of phenolic OH excluding ortho intramolecular Hbond substituents is 1. The molecule has 0 aliphatic carbocycles. The van der Waals surface area contributed by atoms with E-state index >= 15 is 0 Å². The van der Waals surface area contributed by atoms with Gasteiger partial charge in [-0.3, -0.25) is 9.98 Å². The molecule has 0 saturated heterocycles. The number of rotatable bonds is 7. The molecule has 0 aliphatic rings. The van der Waals surface area contributed by atoms with Crippen molar-refractivity contribution in [2.75, 3.05) is 6.54 Å². The first-order valence-corrected chi connectivity index (χ1v) is 13.0. The maximum Gasteiger partial charge on any atom is 0.206 e. The van der Waals surface area contributed by atoms with Crippen LogP contribution in [0.2, 0.25) is 0 Å². The molecule has 2 aromatic heterocycles. The molecule has 0 spiro atoms. The lowest BCUT2D eigenvalue weighted by Gasteiger charge is -2.10. The van der Waals surface area contributed by atoms with Gasteiger partial charge in [0, 0.05) is 18.1 Å². The molecule has 190 valence electrons. The molecule has 0 aliphatic heterocycles. The molecule has 6 aromatic rings. The fourth-order valence-electron chi connectivity index (χ4n) is 5.04. The van der Waals surface area contributed by atoms with Crippen molar-refractivity contribution in [3.05, 3.63) is 137 Å². The molecule has 0 bridgehead atoms. The van der Waals surface area contributed by atoms with Gasteiger partial charge in [0.15, 0.2) is 0 Å². The van der Waals surface area contributed by atoms with Crippen LogP contribution >= 0.6 is 0 Å². The number of pyridine rings is 1. The van der Waals surface area contributed by atoms with Gasteiger partial charge in [-0.2, -0.15) is 5.26 Å². The highest BCUT2D eigenvalue weighted by atomic mass is 16.3. The summed E-state index contributed by atoms with van der Waals surface area (Å²) in [6, 6.07) is 36.0. The van der Waals surface area contributed by atoms with Crippen LogP contribution in [-0.2, 0) is 19.5 Å². The highest BCUT2D eigenvalue weighted by Gasteiger charge is 2.14. The molecule has 0 amide bonds. The van der Waals surface area contributed by atoms with Crippen LogP contribution in [0.3, 0.4) is 0 Å². The fourth-order valence-corrected chi connectivity index (χ4v) is 5.04. The van der Waals surface area contributed by atoms with Gasteiger partial charge in [-0.15, -0.1) is 0 Å². The van der Waals surface area contributed by atoms with E-state index in [1.807, 2.05) is 48.7 Å². The second-order valence-electron chi connectivity index (χ2n) is 9.56. The predicted molar refractivity (Wildman–Crippen MR) is 153 cm³/mol. The topological polar surface area (TPSA) is 79.1 Å². The third-order valence-electron chi connectivity index (χ3n) is 7.00. The van der Waals surface area contributed by atoms with Crippen LogP contribution in [0.15, 0.2) is 114 Å². The minimum absolute atomic E-state index is 0.264. The summed E-state index contributed by atoms with van der Waals surface area (Å²) in [6.07, 6.45) is 2.60. The van der Waals surface area contributed by atoms with Gasteiger partial charge in [0.25, 0.3) is 0 Å². The maximum atomic E-state index is 9.65. The fraction of sp³-hybridized carbons (Fsp3) is 0.121. The van der Waals surface area contributed by atoms with Crippen molar-refractivity contribution in [2.24, 2.45) is 4.99 Å². The number of benzene rings is 4. The number of hydrogen-bond donors (Lipinski definition) is 1. The molecule has 39 heavy (non-hydrogen) atoms. The molecule has 4 aromatic carbocycles. The zero-order valence-corrected chi connectivity index (χ0v) is 21.4. The summed E-state index contributed by atoms with van der Waals surface area (Å²) in [5.41, 5.74) is 8.07. The molecule has 6 rings (SSSR count). The molecule has 6 nitrogen and oxygen atoms in total. The van der Waals surface area contributed by atoms with Crippen molar-refractivity contribution in [1.29, 1.82) is 5.26 Å². The van der Waals surface area contributed by atoms with Crippen LogP contribution in [0, 0.1) is 11.3 Å². The van der Waals surface area contributed by atoms with Gasteiger partial charge in [-0.05, 0) is 65.6 Å². The molecule has 2 heterocycles. The lowest BCUT2D eigenvalue weighted by atomic mass is 10.1. The van der Waals surface area contributed by atoms with E-state index in [0.717, 1.165) is 50.7 Å². The third-order valence-corrected chi connectivity index (χ3v) is 7.00. The largest absolute Gasteiger partial charge is 0.508 e. The number of para-hydroxylation sites is 3. The van der Waals surface area contributed by atoms with Crippen LogP contribution in [-0.4, -0.2) is 25.8 Å². The van der Waals surface area contributed by atoms with Crippen molar-refractivity contribution in [3.8, 4) is 11.8 Å². The minimum atomic E-state index is 0.264. The molecule has 0 atom stereocenters. The van der Waals surface area contributed by atoms with Crippen LogP contribution in [0.4, 0.5) is 0 Å². The Morgan fingerprint density at radius 3 is 2.18 bits per heavy atom. The first-order valence-electron chi connectivity index (χ1n) is 13.0. The quantitative estimate of drug-likeness (QED) is 0.295. The van der Waals surface area contributed by atoms with E-state index in [2.05, 4.69) is 68.7 Å². The third kappa shape index (κ3) is 5.03. The van der Waals surface area contributed by atoms with Crippen molar-refractivity contribution in [3.63, 3.8) is 0 Å². The number of nitrogens with zero attached hydrogens (tertiary/aromatic N) is 5. The number of aromatic nitrogens is 3. The lowest BCUT2D eigenvalue weighted by molar-refractivity contribution is 0.475. The molecule has 0 radical (unpaired) electrons. The zero-order chi connectivity index (χ0) is 26.6. The standard InChI is InChI=1S/C33H27N5O/c34-21-25-10-12-26(13-11-25)22-37-30-8-1-2-9-31(30)38(23-28-6-3-5-27-7-4-19-35-32(27)28)33(37)36-20-18-24-14-16-29(39)17-15-24/h1-17,19,39H,18,20,22-23H2/b36-33+. The van der Waals surface area contributed by atoms with Gasteiger partial charge in [0.1, 0.15) is 5.75 Å². The Morgan fingerprint density at radius 2 is 1.44 bits per heavy atom. The first kappa shape index (κ1) is 24.2. The Morgan fingerprint density at radius 1 is 0.744 bits per heavy atom. The van der Waals surface area contributed by atoms with E-state index in [-0.39, 0.29) is 5.75 Å². The first-order chi connectivity index (χ1) is 19.2. The average Bonchev–Trinajstić information content (AvgIpc) is 3.26. The van der Waals surface area contributed by atoms with E-state index in [0.29, 0.717) is 25.2 Å². The SMILES string of the molecule is N#Cc1ccc(Cn2/c(=N\CCc3ccc(O)cc3)n(Cc3cccc4cccnc34)c3ccccc32)cc1. The predicted octanol–water partition coefficient (Wildman–Crippen LogP) is 5.81. The number of phenols is 1. The molecule has 6 heteroatoms. The molecular weight excluding hydrogens is 482 g/mol. The van der Waals surface area contributed by atoms with Crippen molar-refractivity contribution in [1.82, 2.24) is 14.1 Å². The highest BCUT2D eigenvalue weighted by Crippen LogP contribution is 2.21. The highest BCUT2D eigenvalue weighted by molar-refractivity contribution is 5.82. The second kappa shape index (κ2) is 10.7. The van der Waals surface area contributed by atoms with Crippen molar-refractivity contribution in [2.45, 2.75) is 19.5 Å². The maximum absolute atomic E-state index is 9.65. The number of hydrogen-bond acceptors (Lipinski definition) is 4. The molecule has 0 unspecified atom stereocenters. The summed E-state index contributed by atoms with van der Waals surface area (Å²) in [4.78, 5) is 9.85. The van der Waals surface area contributed by atoms with Crippen LogP contribution in [0.5, 0.6) is 5.75 Å². The number of nitriles is 1. The van der Waals surface area contributed by atoms with Gasteiger partial charge < -0.3 is 14.2 Å². The van der Waals surface area contributed by atoms with Gasteiger partial charge in [0.2, 0.25) is 5.62 Å². The smallest absolute Gasteiger partial charge is 0.206 e. The van der Waals surface area contributed by atoms with Crippen molar-refractivity contribution >= 4 is 21.9 Å². The second-order valence-corrected chi connectivity index (χ2v) is 9.56. The van der Waals surface area contributed by atoms with E-state index in [1.54, 1.807) is 12.1 Å². The summed E-state index contributed by atoms with van der Waals surface area (Å²) in [5.74, 6) is 0.264. The molecular formula is C33H27N5O. The summed E-state index contributed by atoms with van der Waals surface area (Å²) in [6.45, 7) is 1.86. The average molecular weight is 510 g/mol. The Hall–Kier alpha value is -5.15. The monoisotopic (exact) mass is 509 g/mol. The van der Waals surface area contributed by atoms with Crippen molar-refractivity contribution < 1.29 is 5.11 Å². The molecule has 1 N–H and O–H groups in total. The van der Waals surface area contributed by atoms with E-state index in [9.17, 15) is 10.4 Å². The van der Waals surface area contributed by atoms with Gasteiger partial charge in [-0.25, -0.2) is 0 Å². The number of fused-ring (bicyclic) bond motifs is 2. The van der Waals surface area contributed by atoms with Gasteiger partial charge in [-0.1, -0.05) is 60.7 Å². The Balaban J connectivity index is 1.48.